The lowest BCUT2D eigenvalue weighted by Gasteiger charge is -2.13. The molecule has 1 heterocycles. The van der Waals surface area contributed by atoms with E-state index in [1.807, 2.05) is 0 Å². The molecule has 1 rings (SSSR count). The predicted molar refractivity (Wildman–Crippen MR) is 81.4 cm³/mol. The van der Waals surface area contributed by atoms with Gasteiger partial charge in [-0.15, -0.1) is 0 Å². The Morgan fingerprint density at radius 2 is 2.37 bits per heavy atom. The standard InChI is InChI=1S/C12H20ClN3O2S/c1-9(8-19-3)6-14-10-7-15-16(4-5-18-2)12(17)11(10)13/h7,9,14H,4-6,8H2,1-3H3. The van der Waals surface area contributed by atoms with Crippen LogP contribution in [0.4, 0.5) is 5.69 Å². The van der Waals surface area contributed by atoms with Crippen molar-refractivity contribution in [1.82, 2.24) is 9.78 Å². The van der Waals surface area contributed by atoms with Gasteiger partial charge in [-0.1, -0.05) is 18.5 Å². The van der Waals surface area contributed by atoms with Crippen LogP contribution in [-0.2, 0) is 11.3 Å². The summed E-state index contributed by atoms with van der Waals surface area (Å²) in [7, 11) is 1.58. The predicted octanol–water partition coefficient (Wildman–Crippen LogP) is 1.95. The number of ether oxygens (including phenoxy) is 1. The second-order valence-electron chi connectivity index (χ2n) is 4.33. The smallest absolute Gasteiger partial charge is 0.287 e. The summed E-state index contributed by atoms with van der Waals surface area (Å²) >= 11 is 7.85. The first-order valence-corrected chi connectivity index (χ1v) is 7.84. The van der Waals surface area contributed by atoms with Crippen molar-refractivity contribution in [3.8, 4) is 0 Å². The Morgan fingerprint density at radius 1 is 1.63 bits per heavy atom. The molecule has 0 radical (unpaired) electrons. The van der Waals surface area contributed by atoms with Gasteiger partial charge in [0.15, 0.2) is 0 Å². The summed E-state index contributed by atoms with van der Waals surface area (Å²) in [5, 5.41) is 7.42. The fourth-order valence-electron chi connectivity index (χ4n) is 1.55. The molecular weight excluding hydrogens is 286 g/mol. The molecule has 1 aromatic rings. The third-order valence-electron chi connectivity index (χ3n) is 2.58. The largest absolute Gasteiger partial charge is 0.383 e. The van der Waals surface area contributed by atoms with Crippen LogP contribution >= 0.6 is 23.4 Å². The summed E-state index contributed by atoms with van der Waals surface area (Å²) in [6, 6.07) is 0. The van der Waals surface area contributed by atoms with E-state index >= 15 is 0 Å². The Hall–Kier alpha value is -0.720. The van der Waals surface area contributed by atoms with Crippen molar-refractivity contribution >= 4 is 29.1 Å². The van der Waals surface area contributed by atoms with Crippen molar-refractivity contribution in [2.24, 2.45) is 5.92 Å². The van der Waals surface area contributed by atoms with E-state index in [1.165, 1.54) is 4.68 Å². The first-order valence-electron chi connectivity index (χ1n) is 6.07. The zero-order chi connectivity index (χ0) is 14.3. The van der Waals surface area contributed by atoms with Crippen LogP contribution in [0.5, 0.6) is 0 Å². The van der Waals surface area contributed by atoms with Gasteiger partial charge in [0.2, 0.25) is 0 Å². The molecule has 0 spiro atoms. The van der Waals surface area contributed by atoms with Crippen molar-refractivity contribution in [3.63, 3.8) is 0 Å². The number of hydrogen-bond donors (Lipinski definition) is 1. The Bertz CT molecular complexity index is 453. The number of nitrogens with zero attached hydrogens (tertiary/aromatic N) is 2. The van der Waals surface area contributed by atoms with Gasteiger partial charge < -0.3 is 10.1 Å². The van der Waals surface area contributed by atoms with E-state index in [4.69, 9.17) is 16.3 Å². The molecule has 0 aliphatic heterocycles. The molecule has 0 saturated heterocycles. The number of thioether (sulfide) groups is 1. The van der Waals surface area contributed by atoms with E-state index in [2.05, 4.69) is 23.6 Å². The van der Waals surface area contributed by atoms with Crippen molar-refractivity contribution in [2.75, 3.05) is 37.6 Å². The Balaban J connectivity index is 2.71. The minimum Gasteiger partial charge on any atom is -0.383 e. The molecule has 0 saturated carbocycles. The van der Waals surface area contributed by atoms with Crippen LogP contribution in [0, 0.1) is 5.92 Å². The first-order chi connectivity index (χ1) is 9.10. The third kappa shape index (κ3) is 5.04. The molecule has 7 heteroatoms. The molecule has 108 valence electrons. The lowest BCUT2D eigenvalue weighted by atomic mass is 10.2. The van der Waals surface area contributed by atoms with Gasteiger partial charge in [-0.05, 0) is 17.9 Å². The molecule has 5 nitrogen and oxygen atoms in total. The van der Waals surface area contributed by atoms with Crippen molar-refractivity contribution in [1.29, 1.82) is 0 Å². The molecule has 0 bridgehead atoms. The average Bonchev–Trinajstić information content (AvgIpc) is 2.40. The molecular formula is C12H20ClN3O2S. The van der Waals surface area contributed by atoms with Gasteiger partial charge in [0.1, 0.15) is 5.02 Å². The SMILES string of the molecule is COCCn1ncc(NCC(C)CSC)c(Cl)c1=O. The van der Waals surface area contributed by atoms with Gasteiger partial charge >= 0.3 is 0 Å². The summed E-state index contributed by atoms with van der Waals surface area (Å²) in [4.78, 5) is 11.9. The Morgan fingerprint density at radius 3 is 3.00 bits per heavy atom. The van der Waals surface area contributed by atoms with E-state index in [0.717, 1.165) is 12.3 Å². The summed E-state index contributed by atoms with van der Waals surface area (Å²) in [5.41, 5.74) is 0.300. The van der Waals surface area contributed by atoms with Crippen LogP contribution in [0.1, 0.15) is 6.92 Å². The number of hydrogen-bond acceptors (Lipinski definition) is 5. The van der Waals surface area contributed by atoms with Gasteiger partial charge in [0.25, 0.3) is 5.56 Å². The minimum atomic E-state index is -0.291. The summed E-state index contributed by atoms with van der Waals surface area (Å²) in [5.74, 6) is 1.56. The van der Waals surface area contributed by atoms with Gasteiger partial charge in [0, 0.05) is 13.7 Å². The average molecular weight is 306 g/mol. The van der Waals surface area contributed by atoms with E-state index in [-0.39, 0.29) is 10.6 Å². The second kappa shape index (κ2) is 8.45. The maximum atomic E-state index is 11.9. The molecule has 0 fully saturated rings. The molecule has 0 aliphatic carbocycles. The fraction of sp³-hybridized carbons (Fsp3) is 0.667. The van der Waals surface area contributed by atoms with Gasteiger partial charge in [-0.3, -0.25) is 4.79 Å². The van der Waals surface area contributed by atoms with Crippen LogP contribution in [0.15, 0.2) is 11.0 Å². The maximum absolute atomic E-state index is 11.9. The lowest BCUT2D eigenvalue weighted by Crippen LogP contribution is -2.26. The highest BCUT2D eigenvalue weighted by Gasteiger charge is 2.10. The monoisotopic (exact) mass is 305 g/mol. The number of rotatable bonds is 8. The third-order valence-corrected chi connectivity index (χ3v) is 3.85. The van der Waals surface area contributed by atoms with Crippen LogP contribution < -0.4 is 10.9 Å². The molecule has 1 N–H and O–H groups in total. The summed E-state index contributed by atoms with van der Waals surface area (Å²) in [6.07, 6.45) is 3.66. The van der Waals surface area contributed by atoms with Crippen molar-refractivity contribution in [3.05, 3.63) is 21.6 Å². The highest BCUT2D eigenvalue weighted by molar-refractivity contribution is 7.98. The Labute approximate surface area is 122 Å². The number of methoxy groups -OCH3 is 1. The normalized spacial score (nSPS) is 12.4. The van der Waals surface area contributed by atoms with Gasteiger partial charge in [-0.2, -0.15) is 16.9 Å². The van der Waals surface area contributed by atoms with Crippen molar-refractivity contribution in [2.45, 2.75) is 13.5 Å². The zero-order valence-electron chi connectivity index (χ0n) is 11.5. The summed E-state index contributed by atoms with van der Waals surface area (Å²) in [6.45, 7) is 3.74. The first kappa shape index (κ1) is 16.3. The fourth-order valence-corrected chi connectivity index (χ4v) is 2.45. The zero-order valence-corrected chi connectivity index (χ0v) is 13.1. The van der Waals surface area contributed by atoms with Crippen LogP contribution in [0.25, 0.3) is 0 Å². The van der Waals surface area contributed by atoms with Crippen LogP contribution in [0.3, 0.4) is 0 Å². The highest BCUT2D eigenvalue weighted by atomic mass is 35.5. The maximum Gasteiger partial charge on any atom is 0.287 e. The van der Waals surface area contributed by atoms with Gasteiger partial charge in [-0.25, -0.2) is 4.68 Å². The van der Waals surface area contributed by atoms with Gasteiger partial charge in [0.05, 0.1) is 25.0 Å². The molecule has 0 amide bonds. The van der Waals surface area contributed by atoms with E-state index in [9.17, 15) is 4.79 Å². The highest BCUT2D eigenvalue weighted by Crippen LogP contribution is 2.16. The topological polar surface area (TPSA) is 56.1 Å². The molecule has 0 aromatic carbocycles. The lowest BCUT2D eigenvalue weighted by molar-refractivity contribution is 0.182. The Kier molecular flexibility index (Phi) is 7.27. The van der Waals surface area contributed by atoms with Crippen LogP contribution in [0.2, 0.25) is 5.02 Å². The number of nitrogens with one attached hydrogen (secondary N) is 1. The molecule has 0 aliphatic rings. The van der Waals surface area contributed by atoms with Crippen molar-refractivity contribution < 1.29 is 4.74 Å². The molecule has 1 atom stereocenters. The minimum absolute atomic E-state index is 0.183. The van der Waals surface area contributed by atoms with Crippen LogP contribution in [-0.4, -0.2) is 42.1 Å². The summed E-state index contributed by atoms with van der Waals surface area (Å²) < 4.78 is 6.22. The number of anilines is 1. The number of aromatic nitrogens is 2. The second-order valence-corrected chi connectivity index (χ2v) is 5.62. The van der Waals surface area contributed by atoms with E-state index < -0.39 is 0 Å². The molecule has 1 unspecified atom stereocenters. The molecule has 1 aromatic heterocycles. The number of halogens is 1. The quantitative estimate of drug-likeness (QED) is 0.795. The van der Waals surface area contributed by atoms with E-state index in [0.29, 0.717) is 24.8 Å². The van der Waals surface area contributed by atoms with E-state index in [1.54, 1.807) is 25.1 Å². The molecule has 19 heavy (non-hydrogen) atoms.